The molecule has 0 saturated heterocycles. The monoisotopic (exact) mass is 169 g/mol. The van der Waals surface area contributed by atoms with E-state index in [1.807, 2.05) is 7.05 Å². The van der Waals surface area contributed by atoms with E-state index in [4.69, 9.17) is 5.73 Å². The summed E-state index contributed by atoms with van der Waals surface area (Å²) >= 11 is 0. The molecule has 70 valence electrons. The van der Waals surface area contributed by atoms with Crippen LogP contribution in [0, 0.1) is 5.92 Å². The fourth-order valence-corrected chi connectivity index (χ4v) is 1.82. The largest absolute Gasteiger partial charge is 0.370 e. The second-order valence-corrected chi connectivity index (χ2v) is 4.33. The lowest BCUT2D eigenvalue weighted by Gasteiger charge is -2.34. The van der Waals surface area contributed by atoms with Gasteiger partial charge in [0.2, 0.25) is 0 Å². The summed E-state index contributed by atoms with van der Waals surface area (Å²) in [5, 5.41) is 0. The summed E-state index contributed by atoms with van der Waals surface area (Å²) in [6.45, 7) is 7.52. The van der Waals surface area contributed by atoms with Crippen molar-refractivity contribution in [3.63, 3.8) is 0 Å². The van der Waals surface area contributed by atoms with Gasteiger partial charge in [-0.2, -0.15) is 0 Å². The fourth-order valence-electron chi connectivity index (χ4n) is 1.82. The van der Waals surface area contributed by atoms with E-state index in [1.165, 1.54) is 0 Å². The Labute approximate surface area is 74.6 Å². The number of guanidine groups is 1. The normalized spacial score (nSPS) is 29.8. The van der Waals surface area contributed by atoms with Gasteiger partial charge in [0.1, 0.15) is 0 Å². The molecule has 0 fully saturated rings. The van der Waals surface area contributed by atoms with Gasteiger partial charge in [-0.25, -0.2) is 0 Å². The van der Waals surface area contributed by atoms with Crippen molar-refractivity contribution >= 4 is 5.96 Å². The van der Waals surface area contributed by atoms with Crippen LogP contribution in [0.15, 0.2) is 4.99 Å². The summed E-state index contributed by atoms with van der Waals surface area (Å²) in [7, 11) is 2.02. The number of nitrogens with two attached hydrogens (primary N) is 1. The molecule has 2 N–H and O–H groups in total. The molecule has 12 heavy (non-hydrogen) atoms. The third-order valence-electron chi connectivity index (χ3n) is 2.58. The van der Waals surface area contributed by atoms with Crippen molar-refractivity contribution in [2.75, 3.05) is 13.6 Å². The quantitative estimate of drug-likeness (QED) is 0.671. The molecule has 0 saturated carbocycles. The van der Waals surface area contributed by atoms with E-state index in [0.717, 1.165) is 13.0 Å². The molecule has 3 nitrogen and oxygen atoms in total. The maximum absolute atomic E-state index is 5.71. The first-order valence-electron chi connectivity index (χ1n) is 4.49. The van der Waals surface area contributed by atoms with Crippen LogP contribution < -0.4 is 5.73 Å². The molecule has 1 aliphatic heterocycles. The van der Waals surface area contributed by atoms with E-state index in [9.17, 15) is 0 Å². The first-order chi connectivity index (χ1) is 5.46. The molecule has 1 aliphatic rings. The number of hydrogen-bond donors (Lipinski definition) is 1. The smallest absolute Gasteiger partial charge is 0.191 e. The Morgan fingerprint density at radius 2 is 2.25 bits per heavy atom. The molecular formula is C9H19N3. The van der Waals surface area contributed by atoms with Crippen molar-refractivity contribution in [1.29, 1.82) is 0 Å². The van der Waals surface area contributed by atoms with Crippen LogP contribution in [0.25, 0.3) is 0 Å². The summed E-state index contributed by atoms with van der Waals surface area (Å²) in [5.41, 5.74) is 5.86. The zero-order valence-electron chi connectivity index (χ0n) is 8.46. The number of hydrogen-bond acceptors (Lipinski definition) is 3. The number of nitrogens with zero attached hydrogens (tertiary/aromatic N) is 2. The Morgan fingerprint density at radius 3 is 2.58 bits per heavy atom. The maximum atomic E-state index is 5.71. The van der Waals surface area contributed by atoms with Crippen LogP contribution in [0.5, 0.6) is 0 Å². The summed E-state index contributed by atoms with van der Waals surface area (Å²) in [6, 6.07) is 0. The Morgan fingerprint density at radius 1 is 1.67 bits per heavy atom. The van der Waals surface area contributed by atoms with Gasteiger partial charge in [-0.3, -0.25) is 4.99 Å². The second kappa shape index (κ2) is 2.96. The maximum Gasteiger partial charge on any atom is 0.191 e. The minimum Gasteiger partial charge on any atom is -0.370 e. The van der Waals surface area contributed by atoms with Crippen LogP contribution in [-0.2, 0) is 0 Å². The van der Waals surface area contributed by atoms with E-state index >= 15 is 0 Å². The molecular weight excluding hydrogens is 150 g/mol. The fraction of sp³-hybridized carbons (Fsp3) is 0.889. The van der Waals surface area contributed by atoms with Crippen molar-refractivity contribution in [2.24, 2.45) is 16.6 Å². The van der Waals surface area contributed by atoms with Gasteiger partial charge in [0.05, 0.1) is 12.1 Å². The van der Waals surface area contributed by atoms with Gasteiger partial charge in [0, 0.05) is 7.05 Å². The first-order valence-corrected chi connectivity index (χ1v) is 4.49. The lowest BCUT2D eigenvalue weighted by molar-refractivity contribution is 0.217. The molecule has 0 aromatic heterocycles. The van der Waals surface area contributed by atoms with Crippen molar-refractivity contribution < 1.29 is 0 Å². The van der Waals surface area contributed by atoms with E-state index in [1.54, 1.807) is 0 Å². The van der Waals surface area contributed by atoms with Crippen LogP contribution in [0.4, 0.5) is 0 Å². The highest BCUT2D eigenvalue weighted by Gasteiger charge is 2.35. The van der Waals surface area contributed by atoms with E-state index in [-0.39, 0.29) is 5.54 Å². The highest BCUT2D eigenvalue weighted by molar-refractivity contribution is 5.80. The number of rotatable bonds is 2. The molecule has 0 bridgehead atoms. The number of aliphatic imine (C=N–C) groups is 1. The predicted molar refractivity (Wildman–Crippen MR) is 52.1 cm³/mol. The Kier molecular flexibility index (Phi) is 2.31. The summed E-state index contributed by atoms with van der Waals surface area (Å²) in [6.07, 6.45) is 1.15. The Hall–Kier alpha value is -0.730. The van der Waals surface area contributed by atoms with Gasteiger partial charge < -0.3 is 10.6 Å². The number of likely N-dealkylation sites (N-methyl/N-ethyl adjacent to an activating group) is 1. The molecule has 0 radical (unpaired) electrons. The zero-order valence-corrected chi connectivity index (χ0v) is 8.46. The van der Waals surface area contributed by atoms with Gasteiger partial charge >= 0.3 is 0 Å². The highest BCUT2D eigenvalue weighted by Crippen LogP contribution is 2.26. The van der Waals surface area contributed by atoms with Crippen LogP contribution in [0.1, 0.15) is 27.2 Å². The van der Waals surface area contributed by atoms with E-state index in [2.05, 4.69) is 30.7 Å². The predicted octanol–water partition coefficient (Wildman–Crippen LogP) is 1.05. The minimum absolute atomic E-state index is 0.151. The second-order valence-electron chi connectivity index (χ2n) is 4.33. The molecule has 0 aromatic rings. The standard InChI is InChI=1S/C9H19N3/c1-7(2)5-9(3)6-11-8(10)12(9)4/h7H,5-6H2,1-4H3,(H2,10,11). The average Bonchev–Trinajstić information content (AvgIpc) is 2.16. The molecule has 3 heteroatoms. The van der Waals surface area contributed by atoms with Crippen LogP contribution in [-0.4, -0.2) is 30.0 Å². The van der Waals surface area contributed by atoms with Crippen molar-refractivity contribution in [3.8, 4) is 0 Å². The molecule has 0 amide bonds. The molecule has 0 aliphatic carbocycles. The average molecular weight is 169 g/mol. The molecule has 0 spiro atoms. The van der Waals surface area contributed by atoms with Gasteiger partial charge in [0.25, 0.3) is 0 Å². The van der Waals surface area contributed by atoms with Gasteiger partial charge in [-0.15, -0.1) is 0 Å². The Bertz CT molecular complexity index is 198. The van der Waals surface area contributed by atoms with Crippen molar-refractivity contribution in [2.45, 2.75) is 32.7 Å². The molecule has 1 heterocycles. The topological polar surface area (TPSA) is 41.6 Å². The summed E-state index contributed by atoms with van der Waals surface area (Å²) in [5.74, 6) is 1.37. The van der Waals surface area contributed by atoms with Gasteiger partial charge in [0.15, 0.2) is 5.96 Å². The van der Waals surface area contributed by atoms with Crippen LogP contribution >= 0.6 is 0 Å². The first kappa shape index (κ1) is 9.36. The van der Waals surface area contributed by atoms with Crippen LogP contribution in [0.2, 0.25) is 0 Å². The van der Waals surface area contributed by atoms with Crippen LogP contribution in [0.3, 0.4) is 0 Å². The summed E-state index contributed by atoms with van der Waals surface area (Å²) in [4.78, 5) is 6.33. The lowest BCUT2D eigenvalue weighted by Crippen LogP contribution is -2.47. The summed E-state index contributed by atoms with van der Waals surface area (Å²) < 4.78 is 0. The van der Waals surface area contributed by atoms with Gasteiger partial charge in [-0.1, -0.05) is 13.8 Å². The third kappa shape index (κ3) is 1.54. The lowest BCUT2D eigenvalue weighted by atomic mass is 9.90. The van der Waals surface area contributed by atoms with Crippen molar-refractivity contribution in [1.82, 2.24) is 4.90 Å². The van der Waals surface area contributed by atoms with Crippen molar-refractivity contribution in [3.05, 3.63) is 0 Å². The highest BCUT2D eigenvalue weighted by atomic mass is 15.3. The molecule has 0 aromatic carbocycles. The van der Waals surface area contributed by atoms with Gasteiger partial charge in [-0.05, 0) is 19.3 Å². The SMILES string of the molecule is CC(C)CC1(C)CN=C(N)N1C. The van der Waals surface area contributed by atoms with E-state index < -0.39 is 0 Å². The molecule has 1 rings (SSSR count). The minimum atomic E-state index is 0.151. The third-order valence-corrected chi connectivity index (χ3v) is 2.58. The Balaban J connectivity index is 2.64. The van der Waals surface area contributed by atoms with E-state index in [0.29, 0.717) is 11.9 Å². The molecule has 1 unspecified atom stereocenters. The zero-order chi connectivity index (χ0) is 9.35. The molecule has 1 atom stereocenters.